The highest BCUT2D eigenvalue weighted by atomic mass is 16.6. The Bertz CT molecular complexity index is 490. The molecular weight excluding hydrogens is 246 g/mol. The normalized spacial score (nSPS) is 22.5. The smallest absolute Gasteiger partial charge is 0.415 e. The first-order chi connectivity index (χ1) is 8.68. The fraction of sp³-hybridized carbons (Fsp3) is 0.500. The maximum Gasteiger partial charge on any atom is 0.415 e. The molecule has 19 heavy (non-hydrogen) atoms. The van der Waals surface area contributed by atoms with Crippen molar-refractivity contribution < 1.29 is 19.4 Å². The first-order valence-electron chi connectivity index (χ1n) is 6.19. The maximum absolute atomic E-state index is 12.2. The lowest BCUT2D eigenvalue weighted by atomic mass is 10.1. The van der Waals surface area contributed by atoms with E-state index in [-0.39, 0.29) is 6.54 Å². The molecule has 0 saturated carbocycles. The van der Waals surface area contributed by atoms with E-state index in [2.05, 4.69) is 0 Å². The molecule has 1 amide bonds. The molecule has 0 radical (unpaired) electrons. The third kappa shape index (κ3) is 3.17. The van der Waals surface area contributed by atoms with Crippen LogP contribution in [0.15, 0.2) is 24.3 Å². The number of hydrogen-bond acceptors (Lipinski definition) is 4. The third-order valence-electron chi connectivity index (χ3n) is 2.55. The number of β-amino-alcohol motifs (C(OH)–C–C–N with tert-alkyl or cyclic N) is 1. The zero-order valence-corrected chi connectivity index (χ0v) is 11.6. The molecule has 1 unspecified atom stereocenters. The van der Waals surface area contributed by atoms with Crippen LogP contribution in [0.1, 0.15) is 27.7 Å². The number of nitrogens with zero attached hydrogens (tertiary/aromatic N) is 1. The first kappa shape index (κ1) is 13.7. The highest BCUT2D eigenvalue weighted by molar-refractivity contribution is 5.90. The Morgan fingerprint density at radius 1 is 1.42 bits per heavy atom. The summed E-state index contributed by atoms with van der Waals surface area (Å²) in [5, 5.41) is 10.1. The van der Waals surface area contributed by atoms with Crippen LogP contribution in [-0.4, -0.2) is 29.1 Å². The average molecular weight is 265 g/mol. The van der Waals surface area contributed by atoms with Gasteiger partial charge < -0.3 is 14.6 Å². The largest absolute Gasteiger partial charge is 0.459 e. The highest BCUT2D eigenvalue weighted by Crippen LogP contribution is 2.36. The minimum absolute atomic E-state index is 0.0267. The Balaban J connectivity index is 2.32. The van der Waals surface area contributed by atoms with Crippen molar-refractivity contribution >= 4 is 11.8 Å². The van der Waals surface area contributed by atoms with E-state index in [1.165, 1.54) is 11.8 Å². The van der Waals surface area contributed by atoms with Crippen LogP contribution in [0.2, 0.25) is 0 Å². The second kappa shape index (κ2) is 4.42. The van der Waals surface area contributed by atoms with Crippen LogP contribution in [0.4, 0.5) is 10.5 Å². The fourth-order valence-corrected chi connectivity index (χ4v) is 1.89. The number of carbonyl (C=O) groups is 1. The van der Waals surface area contributed by atoms with Crippen molar-refractivity contribution in [1.82, 2.24) is 0 Å². The number of ether oxygens (including phenoxy) is 2. The van der Waals surface area contributed by atoms with Gasteiger partial charge in [-0.3, -0.25) is 4.90 Å². The zero-order chi connectivity index (χ0) is 14.3. The maximum atomic E-state index is 12.2. The summed E-state index contributed by atoms with van der Waals surface area (Å²) in [7, 11) is 0. The van der Waals surface area contributed by atoms with E-state index in [0.717, 1.165) is 0 Å². The Morgan fingerprint density at radius 2 is 2.05 bits per heavy atom. The summed E-state index contributed by atoms with van der Waals surface area (Å²) in [5.74, 6) is -0.963. The number of aliphatic hydroxyl groups is 1. The van der Waals surface area contributed by atoms with Gasteiger partial charge in [-0.1, -0.05) is 12.1 Å². The predicted molar refractivity (Wildman–Crippen MR) is 71.3 cm³/mol. The standard InChI is InChI=1S/C14H19NO4/c1-13(2,3)19-12(16)15-9-14(4,17)18-11-8-6-5-7-10(11)15/h5-8,17H,9H2,1-4H3. The van der Waals surface area contributed by atoms with Gasteiger partial charge in [0.1, 0.15) is 11.4 Å². The molecule has 1 aromatic carbocycles. The highest BCUT2D eigenvalue weighted by Gasteiger charge is 2.38. The molecule has 1 atom stereocenters. The number of hydrogen-bond donors (Lipinski definition) is 1. The van der Waals surface area contributed by atoms with Gasteiger partial charge in [-0.05, 0) is 32.9 Å². The van der Waals surface area contributed by atoms with Crippen LogP contribution in [0.5, 0.6) is 5.75 Å². The molecule has 1 aliphatic rings. The molecule has 1 heterocycles. The molecule has 0 bridgehead atoms. The van der Waals surface area contributed by atoms with E-state index in [4.69, 9.17) is 9.47 Å². The number of anilines is 1. The number of para-hydroxylation sites is 2. The van der Waals surface area contributed by atoms with Crippen LogP contribution in [0.3, 0.4) is 0 Å². The molecule has 5 nitrogen and oxygen atoms in total. The summed E-state index contributed by atoms with van der Waals surface area (Å²) in [4.78, 5) is 13.6. The number of amides is 1. The molecule has 2 rings (SSSR count). The van der Waals surface area contributed by atoms with Gasteiger partial charge in [0.05, 0.1) is 12.2 Å². The van der Waals surface area contributed by atoms with E-state index in [1.807, 2.05) is 0 Å². The molecule has 1 N–H and O–H groups in total. The van der Waals surface area contributed by atoms with Crippen LogP contribution < -0.4 is 9.64 Å². The second-order valence-corrected chi connectivity index (χ2v) is 5.81. The van der Waals surface area contributed by atoms with Gasteiger partial charge in [0.25, 0.3) is 0 Å². The average Bonchev–Trinajstić information content (AvgIpc) is 2.24. The summed E-state index contributed by atoms with van der Waals surface area (Å²) >= 11 is 0. The molecule has 1 aromatic rings. The van der Waals surface area contributed by atoms with Crippen molar-refractivity contribution in [1.29, 1.82) is 0 Å². The molecule has 1 aliphatic heterocycles. The van der Waals surface area contributed by atoms with Crippen molar-refractivity contribution in [3.63, 3.8) is 0 Å². The Kier molecular flexibility index (Phi) is 3.18. The summed E-state index contributed by atoms with van der Waals surface area (Å²) in [6.07, 6.45) is -0.497. The van der Waals surface area contributed by atoms with Gasteiger partial charge in [0, 0.05) is 6.92 Å². The van der Waals surface area contributed by atoms with Gasteiger partial charge in [0.2, 0.25) is 5.79 Å². The Labute approximate surface area is 112 Å². The van der Waals surface area contributed by atoms with Crippen LogP contribution in [0, 0.1) is 0 Å². The second-order valence-electron chi connectivity index (χ2n) is 5.81. The predicted octanol–water partition coefficient (Wildman–Crippen LogP) is 2.53. The summed E-state index contributed by atoms with van der Waals surface area (Å²) < 4.78 is 10.8. The van der Waals surface area contributed by atoms with Gasteiger partial charge in [-0.2, -0.15) is 0 Å². The van der Waals surface area contributed by atoms with Crippen LogP contribution in [-0.2, 0) is 4.74 Å². The minimum Gasteiger partial charge on any atom is -0.459 e. The number of carbonyl (C=O) groups excluding carboxylic acids is 1. The summed E-state index contributed by atoms with van der Waals surface area (Å²) in [6, 6.07) is 7.06. The molecule has 0 fully saturated rings. The Morgan fingerprint density at radius 3 is 2.68 bits per heavy atom. The molecule has 0 saturated heterocycles. The first-order valence-corrected chi connectivity index (χ1v) is 6.19. The van der Waals surface area contributed by atoms with E-state index < -0.39 is 17.5 Å². The van der Waals surface area contributed by atoms with Gasteiger partial charge in [-0.15, -0.1) is 0 Å². The monoisotopic (exact) mass is 265 g/mol. The lowest BCUT2D eigenvalue weighted by molar-refractivity contribution is -0.118. The summed E-state index contributed by atoms with van der Waals surface area (Å²) in [6.45, 7) is 6.94. The number of rotatable bonds is 0. The molecular formula is C14H19NO4. The van der Waals surface area contributed by atoms with E-state index >= 15 is 0 Å². The van der Waals surface area contributed by atoms with Crippen LogP contribution in [0.25, 0.3) is 0 Å². The molecule has 5 heteroatoms. The topological polar surface area (TPSA) is 59.0 Å². The van der Waals surface area contributed by atoms with Crippen molar-refractivity contribution in [2.75, 3.05) is 11.4 Å². The molecule has 0 aliphatic carbocycles. The lowest BCUT2D eigenvalue weighted by Gasteiger charge is -2.38. The van der Waals surface area contributed by atoms with Crippen molar-refractivity contribution in [2.24, 2.45) is 0 Å². The fourth-order valence-electron chi connectivity index (χ4n) is 1.89. The minimum atomic E-state index is -1.43. The molecule has 104 valence electrons. The zero-order valence-electron chi connectivity index (χ0n) is 11.6. The number of fused-ring (bicyclic) bond motifs is 1. The number of benzene rings is 1. The van der Waals surface area contributed by atoms with E-state index in [1.54, 1.807) is 45.0 Å². The third-order valence-corrected chi connectivity index (χ3v) is 2.55. The lowest BCUT2D eigenvalue weighted by Crippen LogP contribution is -2.52. The van der Waals surface area contributed by atoms with Crippen molar-refractivity contribution in [2.45, 2.75) is 39.1 Å². The SMILES string of the molecule is CC(C)(C)OC(=O)N1CC(C)(O)Oc2ccccc21. The molecule has 0 aromatic heterocycles. The van der Waals surface area contributed by atoms with E-state index in [0.29, 0.717) is 11.4 Å². The van der Waals surface area contributed by atoms with Crippen molar-refractivity contribution in [3.8, 4) is 5.75 Å². The Hall–Kier alpha value is -1.75. The van der Waals surface area contributed by atoms with Gasteiger partial charge in [-0.25, -0.2) is 4.79 Å². The van der Waals surface area contributed by atoms with Crippen LogP contribution >= 0.6 is 0 Å². The van der Waals surface area contributed by atoms with E-state index in [9.17, 15) is 9.90 Å². The van der Waals surface area contributed by atoms with Gasteiger partial charge in [0.15, 0.2) is 0 Å². The summed E-state index contributed by atoms with van der Waals surface area (Å²) in [5.41, 5.74) is 0.0131. The molecule has 0 spiro atoms. The van der Waals surface area contributed by atoms with Gasteiger partial charge >= 0.3 is 6.09 Å². The van der Waals surface area contributed by atoms with Crippen molar-refractivity contribution in [3.05, 3.63) is 24.3 Å². The quantitative estimate of drug-likeness (QED) is 0.783.